The van der Waals surface area contributed by atoms with E-state index in [0.717, 1.165) is 37.1 Å². The summed E-state index contributed by atoms with van der Waals surface area (Å²) < 4.78 is 6.32. The lowest BCUT2D eigenvalue weighted by Gasteiger charge is -2.47. The smallest absolute Gasteiger partial charge is 0.125 e. The van der Waals surface area contributed by atoms with Gasteiger partial charge in [0.05, 0.1) is 6.10 Å². The Kier molecular flexibility index (Phi) is 3.06. The summed E-state index contributed by atoms with van der Waals surface area (Å²) in [5, 5.41) is 10.5. The summed E-state index contributed by atoms with van der Waals surface area (Å²) in [5.74, 6) is 0.876. The molecule has 19 heavy (non-hydrogen) atoms. The van der Waals surface area contributed by atoms with Crippen molar-refractivity contribution in [1.29, 1.82) is 0 Å². The number of hydrogen-bond donors (Lipinski definition) is 1. The molecular formula is C16H23NO2. The lowest BCUT2D eigenvalue weighted by atomic mass is 9.79. The van der Waals surface area contributed by atoms with Crippen LogP contribution in [-0.2, 0) is 0 Å². The molecule has 1 fully saturated rings. The highest BCUT2D eigenvalue weighted by molar-refractivity contribution is 5.41. The van der Waals surface area contributed by atoms with Crippen LogP contribution in [0.5, 0.6) is 5.75 Å². The number of aliphatic hydroxyl groups is 1. The van der Waals surface area contributed by atoms with Crippen LogP contribution in [0.1, 0.15) is 43.4 Å². The summed E-state index contributed by atoms with van der Waals surface area (Å²) in [6.07, 6.45) is 2.33. The van der Waals surface area contributed by atoms with Crippen LogP contribution < -0.4 is 4.74 Å². The molecule has 1 N–H and O–H groups in total. The maximum atomic E-state index is 10.5. The van der Waals surface area contributed by atoms with Crippen LogP contribution in [0.15, 0.2) is 18.2 Å². The number of rotatable bonds is 0. The van der Waals surface area contributed by atoms with Gasteiger partial charge >= 0.3 is 0 Å². The number of aryl methyl sites for hydroxylation is 1. The second-order valence-electron chi connectivity index (χ2n) is 6.33. The second kappa shape index (κ2) is 4.50. The average Bonchev–Trinajstić information content (AvgIpc) is 2.36. The Morgan fingerprint density at radius 3 is 2.89 bits per heavy atom. The first-order chi connectivity index (χ1) is 8.99. The fourth-order valence-corrected chi connectivity index (χ4v) is 3.43. The monoisotopic (exact) mass is 261 g/mol. The van der Waals surface area contributed by atoms with Crippen LogP contribution in [0.3, 0.4) is 0 Å². The van der Waals surface area contributed by atoms with Crippen molar-refractivity contribution in [3.8, 4) is 5.75 Å². The van der Waals surface area contributed by atoms with Crippen molar-refractivity contribution in [2.24, 2.45) is 0 Å². The number of benzene rings is 1. The van der Waals surface area contributed by atoms with Gasteiger partial charge in [-0.3, -0.25) is 0 Å². The van der Waals surface area contributed by atoms with E-state index in [9.17, 15) is 5.11 Å². The lowest BCUT2D eigenvalue weighted by Crippen LogP contribution is -2.52. The van der Waals surface area contributed by atoms with E-state index in [4.69, 9.17) is 4.74 Å². The zero-order valence-corrected chi connectivity index (χ0v) is 12.0. The van der Waals surface area contributed by atoms with Gasteiger partial charge in [-0.1, -0.05) is 11.6 Å². The van der Waals surface area contributed by atoms with Crippen LogP contribution in [0.4, 0.5) is 0 Å². The van der Waals surface area contributed by atoms with Gasteiger partial charge in [0.25, 0.3) is 0 Å². The van der Waals surface area contributed by atoms with Gasteiger partial charge in [0.15, 0.2) is 0 Å². The number of fused-ring (bicyclic) bond motifs is 1. The predicted molar refractivity (Wildman–Crippen MR) is 75.4 cm³/mol. The molecule has 1 aromatic rings. The number of ether oxygens (including phenoxy) is 1. The Morgan fingerprint density at radius 1 is 1.37 bits per heavy atom. The van der Waals surface area contributed by atoms with Gasteiger partial charge in [-0.05, 0) is 39.4 Å². The van der Waals surface area contributed by atoms with Crippen molar-refractivity contribution >= 4 is 0 Å². The number of nitrogens with zero attached hydrogens (tertiary/aromatic N) is 1. The van der Waals surface area contributed by atoms with Gasteiger partial charge < -0.3 is 14.7 Å². The summed E-state index contributed by atoms with van der Waals surface area (Å²) in [6, 6.07) is 6.62. The molecule has 1 spiro atoms. The first kappa shape index (κ1) is 12.9. The highest BCUT2D eigenvalue weighted by Crippen LogP contribution is 2.45. The minimum atomic E-state index is -0.390. The normalized spacial score (nSPS) is 34.9. The molecule has 3 rings (SSSR count). The van der Waals surface area contributed by atoms with Crippen molar-refractivity contribution in [1.82, 2.24) is 4.90 Å². The van der Waals surface area contributed by atoms with E-state index >= 15 is 0 Å². The summed E-state index contributed by atoms with van der Waals surface area (Å²) >= 11 is 0. The summed E-state index contributed by atoms with van der Waals surface area (Å²) in [5.41, 5.74) is 1.96. The molecular weight excluding hydrogens is 238 g/mol. The number of piperidine rings is 1. The molecule has 3 atom stereocenters. The van der Waals surface area contributed by atoms with Crippen molar-refractivity contribution < 1.29 is 9.84 Å². The molecule has 2 aliphatic heterocycles. The predicted octanol–water partition coefficient (Wildman–Crippen LogP) is 2.66. The van der Waals surface area contributed by atoms with Gasteiger partial charge in [-0.2, -0.15) is 0 Å². The maximum absolute atomic E-state index is 10.5. The fraction of sp³-hybridized carbons (Fsp3) is 0.625. The molecule has 2 heterocycles. The second-order valence-corrected chi connectivity index (χ2v) is 6.33. The first-order valence-electron chi connectivity index (χ1n) is 7.17. The SMILES string of the molecule is Cc1ccc2c(c1)[C@H](O)CC1(CCN(C)C(C)C1)O2. The Hall–Kier alpha value is -1.06. The van der Waals surface area contributed by atoms with Crippen LogP contribution in [0.2, 0.25) is 0 Å². The third-order valence-electron chi connectivity index (χ3n) is 4.76. The van der Waals surface area contributed by atoms with E-state index in [1.165, 1.54) is 5.56 Å². The van der Waals surface area contributed by atoms with E-state index < -0.39 is 0 Å². The molecule has 2 unspecified atom stereocenters. The van der Waals surface area contributed by atoms with Gasteiger partial charge in [0, 0.05) is 31.0 Å². The molecule has 104 valence electrons. The number of likely N-dealkylation sites (tertiary alicyclic amines) is 1. The molecule has 1 saturated heterocycles. The third-order valence-corrected chi connectivity index (χ3v) is 4.76. The van der Waals surface area contributed by atoms with E-state index in [1.807, 2.05) is 12.1 Å². The Morgan fingerprint density at radius 2 is 2.16 bits per heavy atom. The largest absolute Gasteiger partial charge is 0.487 e. The summed E-state index contributed by atoms with van der Waals surface area (Å²) in [4.78, 5) is 2.37. The zero-order chi connectivity index (χ0) is 13.6. The number of hydrogen-bond acceptors (Lipinski definition) is 3. The third kappa shape index (κ3) is 2.26. The number of aliphatic hydroxyl groups excluding tert-OH is 1. The molecule has 0 aromatic heterocycles. The van der Waals surface area contributed by atoms with Crippen molar-refractivity contribution in [2.75, 3.05) is 13.6 Å². The Balaban J connectivity index is 1.90. The molecule has 2 aliphatic rings. The minimum absolute atomic E-state index is 0.173. The standard InChI is InChI=1S/C16H23NO2/c1-11-4-5-15-13(8-11)14(18)10-16(19-15)6-7-17(3)12(2)9-16/h4-5,8,12,14,18H,6-7,9-10H2,1-3H3/t12?,14-,16?/m1/s1. The first-order valence-corrected chi connectivity index (χ1v) is 7.17. The van der Waals surface area contributed by atoms with E-state index in [1.54, 1.807) is 0 Å². The molecule has 3 nitrogen and oxygen atoms in total. The maximum Gasteiger partial charge on any atom is 0.125 e. The molecule has 1 aromatic carbocycles. The molecule has 0 amide bonds. The Bertz CT molecular complexity index is 488. The fourth-order valence-electron chi connectivity index (χ4n) is 3.43. The van der Waals surface area contributed by atoms with Crippen molar-refractivity contribution in [2.45, 2.75) is 50.9 Å². The van der Waals surface area contributed by atoms with Crippen molar-refractivity contribution in [3.05, 3.63) is 29.3 Å². The van der Waals surface area contributed by atoms with Crippen LogP contribution in [0, 0.1) is 6.92 Å². The van der Waals surface area contributed by atoms with E-state index in [2.05, 4.69) is 31.9 Å². The van der Waals surface area contributed by atoms with E-state index in [-0.39, 0.29) is 11.7 Å². The van der Waals surface area contributed by atoms with Gasteiger partial charge in [0.1, 0.15) is 11.4 Å². The van der Waals surface area contributed by atoms with Gasteiger partial charge in [0.2, 0.25) is 0 Å². The zero-order valence-electron chi connectivity index (χ0n) is 12.0. The topological polar surface area (TPSA) is 32.7 Å². The summed E-state index contributed by atoms with van der Waals surface area (Å²) in [6.45, 7) is 5.32. The molecule has 0 bridgehead atoms. The molecule has 0 radical (unpaired) electrons. The molecule has 0 saturated carbocycles. The minimum Gasteiger partial charge on any atom is -0.487 e. The summed E-state index contributed by atoms with van der Waals surface area (Å²) in [7, 11) is 2.16. The highest BCUT2D eigenvalue weighted by Gasteiger charge is 2.44. The van der Waals surface area contributed by atoms with E-state index in [0.29, 0.717) is 6.04 Å². The van der Waals surface area contributed by atoms with Crippen molar-refractivity contribution in [3.63, 3.8) is 0 Å². The van der Waals surface area contributed by atoms with Crippen LogP contribution >= 0.6 is 0 Å². The lowest BCUT2D eigenvalue weighted by molar-refractivity contribution is -0.0645. The quantitative estimate of drug-likeness (QED) is 0.779. The van der Waals surface area contributed by atoms with Crippen LogP contribution in [0.25, 0.3) is 0 Å². The average molecular weight is 261 g/mol. The van der Waals surface area contributed by atoms with Crippen LogP contribution in [-0.4, -0.2) is 35.2 Å². The molecule has 0 aliphatic carbocycles. The Labute approximate surface area is 115 Å². The van der Waals surface area contributed by atoms with Gasteiger partial charge in [-0.15, -0.1) is 0 Å². The molecule has 3 heteroatoms. The van der Waals surface area contributed by atoms with Gasteiger partial charge in [-0.25, -0.2) is 0 Å². The highest BCUT2D eigenvalue weighted by atomic mass is 16.5.